The number of rotatable bonds is 6. The average Bonchev–Trinajstić information content (AvgIpc) is 3.06. The van der Waals surface area contributed by atoms with Crippen molar-refractivity contribution in [1.29, 1.82) is 0 Å². The Hall–Kier alpha value is -2.45. The van der Waals surface area contributed by atoms with Crippen LogP contribution in [0.2, 0.25) is 0 Å². The predicted molar refractivity (Wildman–Crippen MR) is 150 cm³/mol. The number of carboxylic acids is 1. The van der Waals surface area contributed by atoms with Gasteiger partial charge in [0.05, 0.1) is 24.1 Å². The third-order valence-electron chi connectivity index (χ3n) is 9.99. The van der Waals surface area contributed by atoms with Crippen LogP contribution in [-0.4, -0.2) is 62.8 Å². The summed E-state index contributed by atoms with van der Waals surface area (Å²) in [5.74, 6) is 1.09. The zero-order valence-corrected chi connectivity index (χ0v) is 22.7. The van der Waals surface area contributed by atoms with Crippen LogP contribution in [0.15, 0.2) is 29.1 Å². The summed E-state index contributed by atoms with van der Waals surface area (Å²) >= 11 is 0. The number of aromatic nitrogens is 2. The maximum Gasteiger partial charge on any atom is 0.327 e. The third kappa shape index (κ3) is 4.64. The molecular weight excluding hydrogens is 478 g/mol. The average molecular weight is 522 g/mol. The van der Waals surface area contributed by atoms with E-state index in [1.807, 2.05) is 28.8 Å². The third-order valence-corrected chi connectivity index (χ3v) is 9.99. The Balaban J connectivity index is 1.29. The van der Waals surface area contributed by atoms with Crippen molar-refractivity contribution in [3.63, 3.8) is 0 Å². The number of likely N-dealkylation sites (tertiary alicyclic amines) is 1. The van der Waals surface area contributed by atoms with Gasteiger partial charge < -0.3 is 20.3 Å². The lowest BCUT2D eigenvalue weighted by Crippen LogP contribution is -2.72. The first-order chi connectivity index (χ1) is 18.4. The molecule has 2 saturated heterocycles. The number of nitrogens with zero attached hydrogens (tertiary/aromatic N) is 4. The maximum atomic E-state index is 14.0. The van der Waals surface area contributed by atoms with E-state index in [2.05, 4.69) is 11.8 Å². The molecule has 0 unspecified atom stereocenters. The van der Waals surface area contributed by atoms with Crippen LogP contribution in [0.25, 0.3) is 11.0 Å². The van der Waals surface area contributed by atoms with Crippen molar-refractivity contribution in [2.75, 3.05) is 24.5 Å². The molecule has 8 nitrogen and oxygen atoms in total. The summed E-state index contributed by atoms with van der Waals surface area (Å²) in [5.41, 5.74) is 6.22. The lowest BCUT2D eigenvalue weighted by atomic mass is 9.76. The minimum absolute atomic E-state index is 0.101. The molecule has 3 N–H and O–H groups in total. The molecule has 4 fully saturated rings. The van der Waals surface area contributed by atoms with E-state index in [-0.39, 0.29) is 24.7 Å². The molecule has 0 radical (unpaired) electrons. The summed E-state index contributed by atoms with van der Waals surface area (Å²) in [6.07, 6.45) is 14.0. The van der Waals surface area contributed by atoms with Crippen molar-refractivity contribution in [2.45, 2.75) is 101 Å². The fourth-order valence-electron chi connectivity index (χ4n) is 8.15. The molecule has 6 rings (SSSR count). The van der Waals surface area contributed by atoms with Gasteiger partial charge in [0.25, 0.3) is 5.56 Å². The van der Waals surface area contributed by atoms with Gasteiger partial charge in [-0.3, -0.25) is 14.5 Å². The molecule has 2 saturated carbocycles. The van der Waals surface area contributed by atoms with Crippen molar-refractivity contribution in [3.8, 4) is 0 Å². The van der Waals surface area contributed by atoms with Crippen molar-refractivity contribution < 1.29 is 9.90 Å². The lowest BCUT2D eigenvalue weighted by Gasteiger charge is -2.48. The van der Waals surface area contributed by atoms with Crippen molar-refractivity contribution in [1.82, 2.24) is 14.5 Å². The number of anilines is 1. The molecule has 1 aromatic heterocycles. The number of carbonyl (C=O) groups is 1. The molecule has 1 aromatic carbocycles. The lowest BCUT2D eigenvalue weighted by molar-refractivity contribution is -0.144. The normalized spacial score (nSPS) is 31.5. The number of aliphatic carboxylic acids is 1. The Morgan fingerprint density at radius 3 is 2.45 bits per heavy atom. The molecule has 0 spiro atoms. The zero-order chi connectivity index (χ0) is 26.4. The van der Waals surface area contributed by atoms with E-state index in [1.165, 1.54) is 44.9 Å². The second kappa shape index (κ2) is 10.3. The molecule has 8 heteroatoms. The molecule has 2 aromatic rings. The Bertz CT molecular complexity index is 1220. The topological polar surface area (TPSA) is 105 Å². The van der Waals surface area contributed by atoms with E-state index in [1.54, 1.807) is 4.90 Å². The Kier molecular flexibility index (Phi) is 6.97. The number of nitrogens with two attached hydrogens (primary N) is 1. The van der Waals surface area contributed by atoms with Gasteiger partial charge in [0, 0.05) is 24.7 Å². The summed E-state index contributed by atoms with van der Waals surface area (Å²) in [7, 11) is 0. The smallest absolute Gasteiger partial charge is 0.327 e. The van der Waals surface area contributed by atoms with Gasteiger partial charge in [0.1, 0.15) is 5.54 Å². The quantitative estimate of drug-likeness (QED) is 0.588. The van der Waals surface area contributed by atoms with Gasteiger partial charge in [-0.15, -0.1) is 0 Å². The molecular formula is C30H43N5O3. The molecule has 38 heavy (non-hydrogen) atoms. The summed E-state index contributed by atoms with van der Waals surface area (Å²) in [6.45, 7) is 3.51. The molecule has 3 heterocycles. The summed E-state index contributed by atoms with van der Waals surface area (Å²) < 4.78 is 1.98. The highest BCUT2D eigenvalue weighted by Gasteiger charge is 2.48. The predicted octanol–water partition coefficient (Wildman–Crippen LogP) is 4.16. The molecule has 0 amide bonds. The van der Waals surface area contributed by atoms with Gasteiger partial charge >= 0.3 is 5.97 Å². The first kappa shape index (κ1) is 25.8. The van der Waals surface area contributed by atoms with Crippen molar-refractivity contribution >= 4 is 22.8 Å². The second-order valence-electron chi connectivity index (χ2n) is 12.7. The monoisotopic (exact) mass is 521 g/mol. The number of fused-ring (bicyclic) bond motifs is 3. The standard InChI is InChI=1S/C30H43N5O3/c1-2-7-22-17-23(12-13-34(22)24-15-20-8-3-4-9-21(14-20)16-24)35-26-11-6-5-10-25(26)32-27(28(35)36)33-18-30(31,19-33)29(37)38/h5-6,10-11,20-24H,2-4,7-9,12-19,31H2,1H3,(H,37,38)/t20-,21+,22-,23-,24-/m0/s1. The van der Waals surface area contributed by atoms with Gasteiger partial charge in [0.15, 0.2) is 5.82 Å². The largest absolute Gasteiger partial charge is 0.480 e. The fourth-order valence-corrected chi connectivity index (χ4v) is 8.15. The highest BCUT2D eigenvalue weighted by molar-refractivity contribution is 5.84. The minimum atomic E-state index is -1.32. The van der Waals surface area contributed by atoms with Gasteiger partial charge in [-0.2, -0.15) is 0 Å². The number of hydrogen-bond acceptors (Lipinski definition) is 6. The van der Waals surface area contributed by atoms with Crippen LogP contribution in [0.5, 0.6) is 0 Å². The van der Waals surface area contributed by atoms with Crippen LogP contribution in [0.3, 0.4) is 0 Å². The first-order valence-corrected chi connectivity index (χ1v) is 14.9. The minimum Gasteiger partial charge on any atom is -0.480 e. The van der Waals surface area contributed by atoms with Crippen LogP contribution in [0.1, 0.15) is 83.6 Å². The highest BCUT2D eigenvalue weighted by Crippen LogP contribution is 2.43. The molecule has 2 aliphatic carbocycles. The van der Waals surface area contributed by atoms with E-state index >= 15 is 0 Å². The summed E-state index contributed by atoms with van der Waals surface area (Å²) in [5, 5.41) is 9.48. The van der Waals surface area contributed by atoms with E-state index in [0.717, 1.165) is 55.1 Å². The molecule has 206 valence electrons. The summed E-state index contributed by atoms with van der Waals surface area (Å²) in [6, 6.07) is 9.15. The fraction of sp³-hybridized carbons (Fsp3) is 0.700. The van der Waals surface area contributed by atoms with Crippen molar-refractivity contribution in [2.24, 2.45) is 17.6 Å². The highest BCUT2D eigenvalue weighted by atomic mass is 16.4. The van der Waals surface area contributed by atoms with Gasteiger partial charge in [-0.25, -0.2) is 4.98 Å². The van der Waals surface area contributed by atoms with E-state index < -0.39 is 11.5 Å². The first-order valence-electron chi connectivity index (χ1n) is 14.9. The Morgan fingerprint density at radius 1 is 1.05 bits per heavy atom. The maximum absolute atomic E-state index is 14.0. The number of benzene rings is 1. The molecule has 4 aliphatic rings. The number of piperidine rings is 1. The van der Waals surface area contributed by atoms with Crippen LogP contribution in [-0.2, 0) is 4.79 Å². The van der Waals surface area contributed by atoms with Crippen molar-refractivity contribution in [3.05, 3.63) is 34.6 Å². The van der Waals surface area contributed by atoms with Crippen LogP contribution < -0.4 is 16.2 Å². The number of carboxylic acid groups (broad SMARTS) is 1. The molecule has 5 atom stereocenters. The SMILES string of the molecule is CCC[C@H]1C[C@@H](n2c(=O)c(N3CC(N)(C(=O)O)C3)nc3ccccc32)CCN1[C@@H]1C[C@@H]2CCCC[C@@H](C2)C1. The van der Waals surface area contributed by atoms with Gasteiger partial charge in [0.2, 0.25) is 0 Å². The Morgan fingerprint density at radius 2 is 1.76 bits per heavy atom. The van der Waals surface area contributed by atoms with Gasteiger partial charge in [-0.1, -0.05) is 51.2 Å². The van der Waals surface area contributed by atoms with Crippen LogP contribution >= 0.6 is 0 Å². The molecule has 2 bridgehead atoms. The van der Waals surface area contributed by atoms with Crippen LogP contribution in [0.4, 0.5) is 5.82 Å². The number of para-hydroxylation sites is 2. The molecule has 2 aliphatic heterocycles. The van der Waals surface area contributed by atoms with E-state index in [0.29, 0.717) is 17.9 Å². The Labute approximate surface area is 225 Å². The van der Waals surface area contributed by atoms with E-state index in [4.69, 9.17) is 10.7 Å². The summed E-state index contributed by atoms with van der Waals surface area (Å²) in [4.78, 5) is 34.8. The van der Waals surface area contributed by atoms with Gasteiger partial charge in [-0.05, 0) is 62.5 Å². The van der Waals surface area contributed by atoms with Crippen LogP contribution in [0, 0.1) is 11.8 Å². The second-order valence-corrected chi connectivity index (χ2v) is 12.7. The zero-order valence-electron chi connectivity index (χ0n) is 22.7. The number of hydrogen-bond donors (Lipinski definition) is 2. The van der Waals surface area contributed by atoms with E-state index in [9.17, 15) is 14.7 Å².